The van der Waals surface area contributed by atoms with Gasteiger partial charge < -0.3 is 0 Å². The van der Waals surface area contributed by atoms with Crippen LogP contribution in [0.4, 0.5) is 13.2 Å². The zero-order valence-electron chi connectivity index (χ0n) is 7.50. The smallest absolute Gasteiger partial charge is 0.132 e. The molecule has 0 unspecified atom stereocenters. The van der Waals surface area contributed by atoms with E-state index in [4.69, 9.17) is 0 Å². The fraction of sp³-hybridized carbons (Fsp3) is 0.300. The SMILES string of the molecule is C[C](C)Cc1c(F)cc(F)cc1F. The van der Waals surface area contributed by atoms with Crippen LogP contribution in [0.1, 0.15) is 19.4 Å². The van der Waals surface area contributed by atoms with Gasteiger partial charge in [-0.15, -0.1) is 0 Å². The Morgan fingerprint density at radius 1 is 1.08 bits per heavy atom. The van der Waals surface area contributed by atoms with Crippen LogP contribution in [-0.2, 0) is 6.42 Å². The summed E-state index contributed by atoms with van der Waals surface area (Å²) >= 11 is 0. The largest absolute Gasteiger partial charge is 0.207 e. The lowest BCUT2D eigenvalue weighted by atomic mass is 10.0. The highest BCUT2D eigenvalue weighted by molar-refractivity contribution is 5.23. The zero-order valence-corrected chi connectivity index (χ0v) is 7.50. The first-order chi connectivity index (χ1) is 6.00. The van der Waals surface area contributed by atoms with Crippen molar-refractivity contribution in [3.05, 3.63) is 41.1 Å². The third kappa shape index (κ3) is 2.47. The number of benzene rings is 1. The molecular weight excluding hydrogens is 177 g/mol. The Morgan fingerprint density at radius 3 is 1.92 bits per heavy atom. The number of hydrogen-bond acceptors (Lipinski definition) is 0. The van der Waals surface area contributed by atoms with Crippen LogP contribution in [0.3, 0.4) is 0 Å². The average Bonchev–Trinajstić information content (AvgIpc) is 1.96. The van der Waals surface area contributed by atoms with Crippen molar-refractivity contribution >= 4 is 0 Å². The van der Waals surface area contributed by atoms with Gasteiger partial charge in [-0.1, -0.05) is 13.8 Å². The number of halogens is 3. The molecule has 0 spiro atoms. The van der Waals surface area contributed by atoms with Gasteiger partial charge in [-0.05, 0) is 12.3 Å². The molecule has 1 aromatic rings. The van der Waals surface area contributed by atoms with Crippen LogP contribution < -0.4 is 0 Å². The van der Waals surface area contributed by atoms with Crippen LogP contribution in [0.15, 0.2) is 12.1 Å². The summed E-state index contributed by atoms with van der Waals surface area (Å²) in [4.78, 5) is 0. The molecule has 0 aromatic heterocycles. The van der Waals surface area contributed by atoms with E-state index in [9.17, 15) is 13.2 Å². The van der Waals surface area contributed by atoms with Crippen LogP contribution in [0.2, 0.25) is 0 Å². The molecular formula is C10H10F3. The standard InChI is InChI=1S/C10H10F3/c1-6(2)3-8-9(12)4-7(11)5-10(8)13/h4-5H,3H2,1-2H3. The fourth-order valence-corrected chi connectivity index (χ4v) is 1.09. The van der Waals surface area contributed by atoms with Crippen LogP contribution >= 0.6 is 0 Å². The molecule has 0 N–H and O–H groups in total. The molecule has 0 bridgehead atoms. The Balaban J connectivity index is 3.06. The van der Waals surface area contributed by atoms with E-state index in [1.165, 1.54) is 0 Å². The molecule has 0 aliphatic heterocycles. The topological polar surface area (TPSA) is 0 Å². The third-order valence-electron chi connectivity index (χ3n) is 1.64. The quantitative estimate of drug-likeness (QED) is 0.666. The van der Waals surface area contributed by atoms with Gasteiger partial charge in [0.2, 0.25) is 0 Å². The van der Waals surface area contributed by atoms with Gasteiger partial charge in [0.05, 0.1) is 0 Å². The Kier molecular flexibility index (Phi) is 2.96. The minimum Gasteiger partial charge on any atom is -0.207 e. The van der Waals surface area contributed by atoms with Gasteiger partial charge in [0.1, 0.15) is 17.5 Å². The molecule has 0 saturated carbocycles. The molecule has 0 saturated heterocycles. The molecule has 0 aliphatic carbocycles. The van der Waals surface area contributed by atoms with Crippen molar-refractivity contribution in [1.29, 1.82) is 0 Å². The number of rotatable bonds is 2. The summed E-state index contributed by atoms with van der Waals surface area (Å²) in [5.41, 5.74) is -0.0681. The second-order valence-electron chi connectivity index (χ2n) is 3.23. The molecule has 3 heteroatoms. The van der Waals surface area contributed by atoms with Gasteiger partial charge in [0, 0.05) is 17.7 Å². The first kappa shape index (κ1) is 10.1. The minimum atomic E-state index is -0.882. The Bertz CT molecular complexity index is 282. The van der Waals surface area contributed by atoms with Gasteiger partial charge in [0.25, 0.3) is 0 Å². The summed E-state index contributed by atoms with van der Waals surface area (Å²) in [5, 5.41) is 0. The van der Waals surface area contributed by atoms with E-state index < -0.39 is 17.5 Å². The molecule has 0 aliphatic rings. The van der Waals surface area contributed by atoms with E-state index in [0.29, 0.717) is 12.1 Å². The lowest BCUT2D eigenvalue weighted by Gasteiger charge is -2.06. The predicted molar refractivity (Wildman–Crippen MR) is 44.6 cm³/mol. The molecule has 0 amide bonds. The van der Waals surface area contributed by atoms with Gasteiger partial charge in [0.15, 0.2) is 0 Å². The first-order valence-electron chi connectivity index (χ1n) is 3.93. The van der Waals surface area contributed by atoms with Crippen molar-refractivity contribution in [2.24, 2.45) is 0 Å². The van der Waals surface area contributed by atoms with Gasteiger partial charge in [-0.25, -0.2) is 13.2 Å². The summed E-state index contributed by atoms with van der Waals surface area (Å²) in [6.45, 7) is 3.53. The monoisotopic (exact) mass is 187 g/mol. The summed E-state index contributed by atoms with van der Waals surface area (Å²) in [5.74, 6) is -1.64. The van der Waals surface area contributed by atoms with E-state index in [1.807, 2.05) is 0 Å². The maximum Gasteiger partial charge on any atom is 0.132 e. The van der Waals surface area contributed by atoms with E-state index in [1.54, 1.807) is 13.8 Å². The Labute approximate surface area is 75.4 Å². The molecule has 13 heavy (non-hydrogen) atoms. The molecule has 0 fully saturated rings. The van der Waals surface area contributed by atoms with Crippen LogP contribution in [0.25, 0.3) is 0 Å². The predicted octanol–water partition coefficient (Wildman–Crippen LogP) is 3.26. The van der Waals surface area contributed by atoms with E-state index >= 15 is 0 Å². The highest BCUT2D eigenvalue weighted by Crippen LogP contribution is 2.18. The number of hydrogen-bond donors (Lipinski definition) is 0. The minimum absolute atomic E-state index is 0.0681. The van der Waals surface area contributed by atoms with Crippen molar-refractivity contribution in [2.75, 3.05) is 0 Å². The highest BCUT2D eigenvalue weighted by Gasteiger charge is 2.12. The lowest BCUT2D eigenvalue weighted by Crippen LogP contribution is -2.00. The van der Waals surface area contributed by atoms with Crippen LogP contribution in [-0.4, -0.2) is 0 Å². The molecule has 71 valence electrons. The van der Waals surface area contributed by atoms with E-state index in [-0.39, 0.29) is 12.0 Å². The van der Waals surface area contributed by atoms with Gasteiger partial charge >= 0.3 is 0 Å². The van der Waals surface area contributed by atoms with E-state index in [2.05, 4.69) is 0 Å². The van der Waals surface area contributed by atoms with Crippen molar-refractivity contribution in [2.45, 2.75) is 20.3 Å². The molecule has 0 nitrogen and oxygen atoms in total. The second kappa shape index (κ2) is 3.81. The molecule has 1 aromatic carbocycles. The van der Waals surface area contributed by atoms with Crippen molar-refractivity contribution in [3.63, 3.8) is 0 Å². The summed E-state index contributed by atoms with van der Waals surface area (Å²) in [6, 6.07) is 1.39. The molecule has 1 radical (unpaired) electrons. The van der Waals surface area contributed by atoms with Crippen LogP contribution in [0, 0.1) is 23.4 Å². The van der Waals surface area contributed by atoms with Crippen LogP contribution in [0.5, 0.6) is 0 Å². The van der Waals surface area contributed by atoms with Crippen molar-refractivity contribution in [3.8, 4) is 0 Å². The van der Waals surface area contributed by atoms with Gasteiger partial charge in [-0.3, -0.25) is 0 Å². The van der Waals surface area contributed by atoms with Gasteiger partial charge in [-0.2, -0.15) is 0 Å². The van der Waals surface area contributed by atoms with Crippen molar-refractivity contribution < 1.29 is 13.2 Å². The maximum atomic E-state index is 13.0. The molecule has 0 atom stereocenters. The fourth-order valence-electron chi connectivity index (χ4n) is 1.09. The maximum absolute atomic E-state index is 13.0. The zero-order chi connectivity index (χ0) is 10.0. The molecule has 0 heterocycles. The highest BCUT2D eigenvalue weighted by atomic mass is 19.1. The molecule has 1 rings (SSSR count). The Morgan fingerprint density at radius 2 is 1.54 bits per heavy atom. The third-order valence-corrected chi connectivity index (χ3v) is 1.64. The lowest BCUT2D eigenvalue weighted by molar-refractivity contribution is 0.524. The van der Waals surface area contributed by atoms with Crippen molar-refractivity contribution in [1.82, 2.24) is 0 Å². The first-order valence-corrected chi connectivity index (χ1v) is 3.93. The average molecular weight is 187 g/mol. The summed E-state index contributed by atoms with van der Waals surface area (Å²) in [7, 11) is 0. The summed E-state index contributed by atoms with van der Waals surface area (Å²) < 4.78 is 38.4. The second-order valence-corrected chi connectivity index (χ2v) is 3.23. The summed E-state index contributed by atoms with van der Waals surface area (Å²) in [6.07, 6.45) is 0.206. The Hall–Kier alpha value is -0.990. The normalized spacial score (nSPS) is 10.9. The van der Waals surface area contributed by atoms with E-state index in [0.717, 1.165) is 5.92 Å².